The van der Waals surface area contributed by atoms with Crippen LogP contribution in [0, 0.1) is 0 Å². The summed E-state index contributed by atoms with van der Waals surface area (Å²) in [7, 11) is 3.98. The molecular weight excluding hydrogens is 321 g/mol. The lowest BCUT2D eigenvalue weighted by Crippen LogP contribution is -2.37. The van der Waals surface area contributed by atoms with Gasteiger partial charge in [-0.25, -0.2) is 0 Å². The largest absolute Gasteiger partial charge is 0.728 e. The van der Waals surface area contributed by atoms with Gasteiger partial charge in [-0.15, -0.1) is 4.52 Å². The highest BCUT2D eigenvalue weighted by Gasteiger charge is 2.23. The predicted molar refractivity (Wildman–Crippen MR) is 75.8 cm³/mol. The predicted octanol–water partition coefficient (Wildman–Crippen LogP) is 3.27. The van der Waals surface area contributed by atoms with E-state index in [1.165, 1.54) is 12.8 Å². The van der Waals surface area contributed by atoms with E-state index in [9.17, 15) is 4.57 Å². The molecule has 5 nitrogen and oxygen atoms in total. The molecule has 0 N–H and O–H groups in total. The molecule has 0 aliphatic carbocycles. The third-order valence-corrected chi connectivity index (χ3v) is 3.36. The molecule has 108 valence electrons. The van der Waals surface area contributed by atoms with Gasteiger partial charge in [0.15, 0.2) is 6.61 Å². The van der Waals surface area contributed by atoms with Gasteiger partial charge in [0.1, 0.15) is 6.54 Å². The molecular formula is C11H25BrNO4P+2. The molecule has 0 radical (unpaired) electrons. The first-order valence-electron chi connectivity index (χ1n) is 6.22. The van der Waals surface area contributed by atoms with Crippen LogP contribution in [0.15, 0.2) is 0 Å². The molecule has 0 aromatic rings. The van der Waals surface area contributed by atoms with E-state index in [1.807, 2.05) is 21.1 Å². The van der Waals surface area contributed by atoms with Gasteiger partial charge in [0.25, 0.3) is 0 Å². The van der Waals surface area contributed by atoms with Gasteiger partial charge in [-0.05, 0) is 12.8 Å². The topological polar surface area (TPSA) is 44.8 Å². The molecule has 0 aromatic heterocycles. The molecule has 18 heavy (non-hydrogen) atoms. The van der Waals surface area contributed by atoms with Crippen molar-refractivity contribution in [3.8, 4) is 0 Å². The molecule has 0 amide bonds. The molecule has 0 aliphatic rings. The van der Waals surface area contributed by atoms with E-state index in [0.717, 1.165) is 29.2 Å². The highest BCUT2D eigenvalue weighted by atomic mass is 79.9. The van der Waals surface area contributed by atoms with Crippen molar-refractivity contribution in [2.75, 3.05) is 46.2 Å². The number of quaternary nitrogens is 1. The molecule has 0 saturated heterocycles. The first-order valence-corrected chi connectivity index (χ1v) is 8.43. The molecule has 1 unspecified atom stereocenters. The summed E-state index contributed by atoms with van der Waals surface area (Å²) in [6.45, 7) is 1.63. The van der Waals surface area contributed by atoms with Crippen LogP contribution in [-0.2, 0) is 18.7 Å². The van der Waals surface area contributed by atoms with Crippen molar-refractivity contribution in [1.82, 2.24) is 0 Å². The van der Waals surface area contributed by atoms with Gasteiger partial charge >= 0.3 is 8.25 Å². The van der Waals surface area contributed by atoms with E-state index in [4.69, 9.17) is 9.41 Å². The Bertz CT molecular complexity index is 224. The second kappa shape index (κ2) is 11.3. The van der Waals surface area contributed by atoms with E-state index < -0.39 is 8.25 Å². The van der Waals surface area contributed by atoms with Crippen molar-refractivity contribution < 1.29 is 23.1 Å². The Balaban J connectivity index is 3.27. The minimum Gasteiger partial charge on any atom is -0.329 e. The minimum atomic E-state index is -2.15. The average Bonchev–Trinajstić information content (AvgIpc) is 2.26. The third-order valence-electron chi connectivity index (χ3n) is 2.18. The standard InChI is InChI=1S/C11H25BrNO4P/c1-13(2,3)9-11-16-18(14)17-15-10-7-5-4-6-8-12/h4-11H2,1-3H3/q+2. The Hall–Kier alpha value is 0.420. The number of likely N-dealkylation sites (N-methyl/N-ethyl adjacent to an activating group) is 1. The van der Waals surface area contributed by atoms with E-state index in [0.29, 0.717) is 13.2 Å². The lowest BCUT2D eigenvalue weighted by Gasteiger charge is -2.21. The normalized spacial score (nSPS) is 12.8. The van der Waals surface area contributed by atoms with Crippen LogP contribution in [0.25, 0.3) is 0 Å². The number of halogens is 1. The van der Waals surface area contributed by atoms with Gasteiger partial charge in [0.05, 0.1) is 32.4 Å². The summed E-state index contributed by atoms with van der Waals surface area (Å²) in [6, 6.07) is 0. The van der Waals surface area contributed by atoms with Crippen molar-refractivity contribution in [1.29, 1.82) is 0 Å². The maximum atomic E-state index is 11.2. The molecule has 7 heteroatoms. The Kier molecular flexibility index (Phi) is 11.5. The van der Waals surface area contributed by atoms with Crippen molar-refractivity contribution >= 4 is 24.2 Å². The SMILES string of the molecule is C[N+](C)(C)CCO[P+](=O)OOCCCCCCBr. The van der Waals surface area contributed by atoms with Crippen molar-refractivity contribution in [2.24, 2.45) is 0 Å². The fourth-order valence-corrected chi connectivity index (χ4v) is 1.93. The van der Waals surface area contributed by atoms with Crippen LogP contribution in [0.2, 0.25) is 0 Å². The highest BCUT2D eigenvalue weighted by molar-refractivity contribution is 9.09. The maximum absolute atomic E-state index is 11.2. The smallest absolute Gasteiger partial charge is 0.329 e. The van der Waals surface area contributed by atoms with Crippen LogP contribution in [-0.4, -0.2) is 50.7 Å². The van der Waals surface area contributed by atoms with Crippen LogP contribution in [0.3, 0.4) is 0 Å². The molecule has 1 atom stereocenters. The van der Waals surface area contributed by atoms with Crippen molar-refractivity contribution in [3.05, 3.63) is 0 Å². The summed E-state index contributed by atoms with van der Waals surface area (Å²) in [5.74, 6) is 0. The summed E-state index contributed by atoms with van der Waals surface area (Å²) in [6.07, 6.45) is 4.34. The Morgan fingerprint density at radius 3 is 2.33 bits per heavy atom. The molecule has 0 fully saturated rings. The monoisotopic (exact) mass is 345 g/mol. The molecule has 0 spiro atoms. The fraction of sp³-hybridized carbons (Fsp3) is 1.00. The average molecular weight is 346 g/mol. The Morgan fingerprint density at radius 2 is 1.72 bits per heavy atom. The zero-order chi connectivity index (χ0) is 13.9. The third kappa shape index (κ3) is 14.5. The van der Waals surface area contributed by atoms with Gasteiger partial charge < -0.3 is 4.48 Å². The maximum Gasteiger partial charge on any atom is 0.728 e. The lowest BCUT2D eigenvalue weighted by atomic mass is 10.2. The zero-order valence-electron chi connectivity index (χ0n) is 11.6. The van der Waals surface area contributed by atoms with Gasteiger partial charge in [-0.1, -0.05) is 28.8 Å². The molecule has 0 aliphatic heterocycles. The molecule has 0 rings (SSSR count). The van der Waals surface area contributed by atoms with Gasteiger partial charge in [-0.3, -0.25) is 0 Å². The molecule has 0 bridgehead atoms. The van der Waals surface area contributed by atoms with Crippen LogP contribution >= 0.6 is 24.2 Å². The van der Waals surface area contributed by atoms with Crippen LogP contribution in [0.5, 0.6) is 0 Å². The van der Waals surface area contributed by atoms with Crippen LogP contribution in [0.1, 0.15) is 25.7 Å². The van der Waals surface area contributed by atoms with Gasteiger partial charge in [0, 0.05) is 9.90 Å². The first-order chi connectivity index (χ1) is 8.45. The fourth-order valence-electron chi connectivity index (χ4n) is 1.10. The van der Waals surface area contributed by atoms with Crippen molar-refractivity contribution in [3.63, 3.8) is 0 Å². The Morgan fingerprint density at radius 1 is 1.06 bits per heavy atom. The number of hydrogen-bond acceptors (Lipinski definition) is 4. The van der Waals surface area contributed by atoms with E-state index in [1.54, 1.807) is 0 Å². The summed E-state index contributed by atoms with van der Waals surface area (Å²) in [5, 5.41) is 1.04. The van der Waals surface area contributed by atoms with Crippen LogP contribution < -0.4 is 0 Å². The zero-order valence-corrected chi connectivity index (χ0v) is 14.0. The van der Waals surface area contributed by atoms with Gasteiger partial charge in [0.2, 0.25) is 0 Å². The molecule has 0 aromatic carbocycles. The van der Waals surface area contributed by atoms with Gasteiger partial charge in [-0.2, -0.15) is 4.89 Å². The van der Waals surface area contributed by atoms with E-state index >= 15 is 0 Å². The summed E-state index contributed by atoms with van der Waals surface area (Å²) in [4.78, 5) is 4.83. The van der Waals surface area contributed by atoms with E-state index in [-0.39, 0.29) is 0 Å². The summed E-state index contributed by atoms with van der Waals surface area (Å²) in [5.41, 5.74) is 0. The molecule has 0 saturated carbocycles. The Labute approximate surface area is 119 Å². The summed E-state index contributed by atoms with van der Waals surface area (Å²) < 4.78 is 21.6. The second-order valence-corrected chi connectivity index (χ2v) is 6.72. The minimum absolute atomic E-state index is 0.396. The number of nitrogens with zero attached hydrogens (tertiary/aromatic N) is 1. The number of rotatable bonds is 12. The van der Waals surface area contributed by atoms with Crippen LogP contribution in [0.4, 0.5) is 0 Å². The highest BCUT2D eigenvalue weighted by Crippen LogP contribution is 2.23. The lowest BCUT2D eigenvalue weighted by molar-refractivity contribution is -0.870. The second-order valence-electron chi connectivity index (χ2n) is 5.07. The number of hydrogen-bond donors (Lipinski definition) is 0. The summed E-state index contributed by atoms with van der Waals surface area (Å²) >= 11 is 3.38. The number of alkyl halides is 1. The quantitative estimate of drug-likeness (QED) is 0.136. The number of unbranched alkanes of at least 4 members (excludes halogenated alkanes) is 3. The van der Waals surface area contributed by atoms with Crippen molar-refractivity contribution in [2.45, 2.75) is 25.7 Å². The first kappa shape index (κ1) is 18.4. The molecule has 0 heterocycles. The van der Waals surface area contributed by atoms with E-state index in [2.05, 4.69) is 20.6 Å².